The lowest BCUT2D eigenvalue weighted by atomic mass is 10.2. The molecule has 1 fully saturated rings. The molecule has 1 saturated heterocycles. The van der Waals surface area contributed by atoms with Gasteiger partial charge in [0.15, 0.2) is 0 Å². The van der Waals surface area contributed by atoms with Crippen molar-refractivity contribution in [1.29, 1.82) is 0 Å². The molecule has 1 N–H and O–H groups in total. The van der Waals surface area contributed by atoms with Crippen molar-refractivity contribution in [2.45, 2.75) is 32.4 Å². The van der Waals surface area contributed by atoms with Crippen molar-refractivity contribution in [3.8, 4) is 0 Å². The van der Waals surface area contributed by atoms with Crippen molar-refractivity contribution < 1.29 is 14.7 Å². The number of carbonyl (C=O) groups excluding carboxylic acids is 1. The summed E-state index contributed by atoms with van der Waals surface area (Å²) in [6, 6.07) is -0.688. The lowest BCUT2D eigenvalue weighted by molar-refractivity contribution is -0.141. The molecule has 1 amide bonds. The third-order valence-electron chi connectivity index (χ3n) is 3.00. The quantitative estimate of drug-likeness (QED) is 0.835. The van der Waals surface area contributed by atoms with Gasteiger partial charge in [0.25, 0.3) is 5.91 Å². The largest absolute Gasteiger partial charge is 0.480 e. The molecule has 6 heteroatoms. The minimum absolute atomic E-state index is 0.241. The van der Waals surface area contributed by atoms with Gasteiger partial charge in [-0.2, -0.15) is 5.10 Å². The summed E-state index contributed by atoms with van der Waals surface area (Å²) < 4.78 is 1.65. The number of aromatic nitrogens is 2. The summed E-state index contributed by atoms with van der Waals surface area (Å²) in [5, 5.41) is 13.0. The Kier molecular flexibility index (Phi) is 3.12. The Morgan fingerprint density at radius 1 is 1.59 bits per heavy atom. The maximum atomic E-state index is 12.1. The number of carbonyl (C=O) groups is 2. The Hall–Kier alpha value is -1.85. The normalized spacial score (nSPS) is 19.6. The maximum Gasteiger partial charge on any atom is 0.326 e. The average Bonchev–Trinajstić information content (AvgIpc) is 2.97. The third-order valence-corrected chi connectivity index (χ3v) is 3.00. The number of rotatable bonds is 3. The van der Waals surface area contributed by atoms with Gasteiger partial charge in [0.1, 0.15) is 6.04 Å². The Bertz CT molecular complexity index is 441. The lowest BCUT2D eigenvalue weighted by Gasteiger charge is -2.20. The van der Waals surface area contributed by atoms with E-state index >= 15 is 0 Å². The van der Waals surface area contributed by atoms with Gasteiger partial charge in [-0.15, -0.1) is 0 Å². The van der Waals surface area contributed by atoms with E-state index in [0.717, 1.165) is 6.42 Å². The van der Waals surface area contributed by atoms with E-state index in [-0.39, 0.29) is 5.91 Å². The maximum absolute atomic E-state index is 12.1. The molecule has 92 valence electrons. The first-order valence-corrected chi connectivity index (χ1v) is 5.69. The van der Waals surface area contributed by atoms with Crippen LogP contribution in [0.4, 0.5) is 0 Å². The summed E-state index contributed by atoms with van der Waals surface area (Å²) in [5.41, 5.74) is 0.458. The first kappa shape index (κ1) is 11.6. The molecule has 0 aliphatic carbocycles. The molecule has 0 aromatic carbocycles. The number of aryl methyl sites for hydroxylation is 1. The molecule has 1 aliphatic rings. The third kappa shape index (κ3) is 2.15. The van der Waals surface area contributed by atoms with Gasteiger partial charge >= 0.3 is 5.97 Å². The number of aliphatic carboxylic acids is 1. The molecule has 6 nitrogen and oxygen atoms in total. The van der Waals surface area contributed by atoms with E-state index in [1.165, 1.54) is 11.1 Å². The zero-order valence-corrected chi connectivity index (χ0v) is 9.67. The summed E-state index contributed by atoms with van der Waals surface area (Å²) in [4.78, 5) is 24.5. The lowest BCUT2D eigenvalue weighted by Crippen LogP contribution is -2.40. The number of nitrogens with zero attached hydrogens (tertiary/aromatic N) is 3. The van der Waals surface area contributed by atoms with Crippen LogP contribution in [0.1, 0.15) is 30.1 Å². The van der Waals surface area contributed by atoms with Gasteiger partial charge < -0.3 is 10.0 Å². The predicted molar refractivity (Wildman–Crippen MR) is 59.6 cm³/mol. The van der Waals surface area contributed by atoms with Gasteiger partial charge in [0.2, 0.25) is 0 Å². The molecular weight excluding hydrogens is 222 g/mol. The van der Waals surface area contributed by atoms with Gasteiger partial charge in [-0.3, -0.25) is 9.48 Å². The molecule has 0 spiro atoms. The first-order chi connectivity index (χ1) is 8.13. The van der Waals surface area contributed by atoms with Crippen LogP contribution in [0.15, 0.2) is 12.4 Å². The number of hydrogen-bond acceptors (Lipinski definition) is 3. The summed E-state index contributed by atoms with van der Waals surface area (Å²) in [6.07, 6.45) is 4.41. The fourth-order valence-corrected chi connectivity index (χ4v) is 2.08. The zero-order chi connectivity index (χ0) is 12.4. The van der Waals surface area contributed by atoms with Crippen molar-refractivity contribution in [3.05, 3.63) is 18.0 Å². The van der Waals surface area contributed by atoms with Crippen LogP contribution in [0.2, 0.25) is 0 Å². The van der Waals surface area contributed by atoms with Crippen LogP contribution in [-0.4, -0.2) is 44.3 Å². The van der Waals surface area contributed by atoms with Crippen molar-refractivity contribution in [2.75, 3.05) is 6.54 Å². The summed E-state index contributed by atoms with van der Waals surface area (Å²) in [7, 11) is 0. The molecule has 0 bridgehead atoms. The molecule has 2 heterocycles. The van der Waals surface area contributed by atoms with Gasteiger partial charge in [0.05, 0.1) is 11.8 Å². The predicted octanol–water partition coefficient (Wildman–Crippen LogP) is 0.592. The molecule has 0 radical (unpaired) electrons. The first-order valence-electron chi connectivity index (χ1n) is 5.69. The Morgan fingerprint density at radius 2 is 2.35 bits per heavy atom. The molecule has 1 atom stereocenters. The van der Waals surface area contributed by atoms with Crippen LogP contribution in [0.5, 0.6) is 0 Å². The van der Waals surface area contributed by atoms with E-state index in [9.17, 15) is 9.59 Å². The highest BCUT2D eigenvalue weighted by Crippen LogP contribution is 2.20. The van der Waals surface area contributed by atoms with Crippen LogP contribution in [0.3, 0.4) is 0 Å². The highest BCUT2D eigenvalue weighted by Gasteiger charge is 2.34. The van der Waals surface area contributed by atoms with Gasteiger partial charge in [-0.05, 0) is 19.8 Å². The minimum Gasteiger partial charge on any atom is -0.480 e. The highest BCUT2D eigenvalue weighted by molar-refractivity contribution is 5.96. The summed E-state index contributed by atoms with van der Waals surface area (Å²) in [5.74, 6) is -1.17. The van der Waals surface area contributed by atoms with Crippen molar-refractivity contribution in [2.24, 2.45) is 0 Å². The van der Waals surface area contributed by atoms with E-state index in [0.29, 0.717) is 25.1 Å². The standard InChI is InChI=1S/C11H15N3O3/c1-2-13-7-8(6-12-13)10(15)14-5-3-4-9(14)11(16)17/h6-7,9H,2-5H2,1H3,(H,16,17)/t9-/m0/s1. The van der Waals surface area contributed by atoms with Crippen molar-refractivity contribution in [1.82, 2.24) is 14.7 Å². The zero-order valence-electron chi connectivity index (χ0n) is 9.67. The topological polar surface area (TPSA) is 75.4 Å². The fourth-order valence-electron chi connectivity index (χ4n) is 2.08. The summed E-state index contributed by atoms with van der Waals surface area (Å²) in [6.45, 7) is 3.12. The van der Waals surface area contributed by atoms with Crippen LogP contribution < -0.4 is 0 Å². The monoisotopic (exact) mass is 237 g/mol. The number of amides is 1. The second kappa shape index (κ2) is 4.57. The number of likely N-dealkylation sites (tertiary alicyclic amines) is 1. The van der Waals surface area contributed by atoms with Crippen LogP contribution in [-0.2, 0) is 11.3 Å². The van der Waals surface area contributed by atoms with Crippen molar-refractivity contribution in [3.63, 3.8) is 0 Å². The SMILES string of the molecule is CCn1cc(C(=O)N2CCC[C@H]2C(=O)O)cn1. The number of hydrogen-bond donors (Lipinski definition) is 1. The van der Waals surface area contributed by atoms with E-state index in [4.69, 9.17) is 5.11 Å². The summed E-state index contributed by atoms with van der Waals surface area (Å²) >= 11 is 0. The molecular formula is C11H15N3O3. The van der Waals surface area contributed by atoms with Gasteiger partial charge in [-0.25, -0.2) is 4.79 Å². The van der Waals surface area contributed by atoms with Gasteiger partial charge in [0, 0.05) is 19.3 Å². The molecule has 0 saturated carbocycles. The van der Waals surface area contributed by atoms with Crippen LogP contribution in [0, 0.1) is 0 Å². The molecule has 2 rings (SSSR count). The number of carboxylic acid groups (broad SMARTS) is 1. The molecule has 17 heavy (non-hydrogen) atoms. The van der Waals surface area contributed by atoms with E-state index in [1.807, 2.05) is 6.92 Å². The molecule has 1 aromatic rings. The molecule has 1 aromatic heterocycles. The Labute approximate surface area is 98.8 Å². The van der Waals surface area contributed by atoms with E-state index < -0.39 is 12.0 Å². The minimum atomic E-state index is -0.932. The smallest absolute Gasteiger partial charge is 0.326 e. The van der Waals surface area contributed by atoms with E-state index in [2.05, 4.69) is 5.10 Å². The van der Waals surface area contributed by atoms with Gasteiger partial charge in [-0.1, -0.05) is 0 Å². The number of carboxylic acids is 1. The Balaban J connectivity index is 2.16. The average molecular weight is 237 g/mol. The Morgan fingerprint density at radius 3 is 2.94 bits per heavy atom. The highest BCUT2D eigenvalue weighted by atomic mass is 16.4. The fraction of sp³-hybridized carbons (Fsp3) is 0.545. The van der Waals surface area contributed by atoms with Crippen molar-refractivity contribution >= 4 is 11.9 Å². The van der Waals surface area contributed by atoms with Crippen LogP contribution >= 0.6 is 0 Å². The second-order valence-corrected chi connectivity index (χ2v) is 4.08. The second-order valence-electron chi connectivity index (χ2n) is 4.08. The molecule has 0 unspecified atom stereocenters. The molecule has 1 aliphatic heterocycles. The van der Waals surface area contributed by atoms with Crippen LogP contribution in [0.25, 0.3) is 0 Å². The van der Waals surface area contributed by atoms with E-state index in [1.54, 1.807) is 10.9 Å².